The van der Waals surface area contributed by atoms with E-state index in [1.54, 1.807) is 18.4 Å². The molecular weight excluding hydrogens is 274 g/mol. The van der Waals surface area contributed by atoms with E-state index in [0.29, 0.717) is 12.2 Å². The third-order valence-corrected chi connectivity index (χ3v) is 4.24. The predicted molar refractivity (Wildman–Crippen MR) is 81.2 cm³/mol. The Kier molecular flexibility index (Phi) is 4.57. The highest BCUT2D eigenvalue weighted by Gasteiger charge is 2.08. The fourth-order valence-corrected chi connectivity index (χ4v) is 2.86. The number of rotatable bonds is 5. The van der Waals surface area contributed by atoms with E-state index >= 15 is 0 Å². The van der Waals surface area contributed by atoms with E-state index in [2.05, 4.69) is 23.7 Å². The zero-order chi connectivity index (χ0) is 14.7. The second-order valence-corrected chi connectivity index (χ2v) is 5.97. The number of aromatic nitrogens is 2. The maximum atomic E-state index is 11.8. The lowest BCUT2D eigenvalue weighted by molar-refractivity contribution is 0.522. The molecule has 1 N–H and O–H groups in total. The molecule has 2 rings (SSSR count). The lowest BCUT2D eigenvalue weighted by Gasteiger charge is -2.15. The zero-order valence-electron chi connectivity index (χ0n) is 11.9. The highest BCUT2D eigenvalue weighted by atomic mass is 32.1. The van der Waals surface area contributed by atoms with Crippen LogP contribution in [0.25, 0.3) is 0 Å². The number of nitrogens with zero attached hydrogens (tertiary/aromatic N) is 2. The van der Waals surface area contributed by atoms with Crippen molar-refractivity contribution in [3.8, 4) is 0 Å². The zero-order valence-corrected chi connectivity index (χ0v) is 12.7. The maximum Gasteiger partial charge on any atom is 0.330 e. The Labute approximate surface area is 121 Å². The molecule has 0 aromatic carbocycles. The van der Waals surface area contributed by atoms with Crippen molar-refractivity contribution in [3.63, 3.8) is 0 Å². The molecule has 20 heavy (non-hydrogen) atoms. The summed E-state index contributed by atoms with van der Waals surface area (Å²) in [6.07, 6.45) is 0.941. The van der Waals surface area contributed by atoms with Crippen molar-refractivity contribution in [2.24, 2.45) is 14.1 Å². The molecule has 1 unspecified atom stereocenters. The standard InChI is InChI=1S/C14H19N3O2S/c1-10(7-12-5-4-6-20-12)15-9-11-8-13(18)17(3)14(19)16(11)2/h4-6,8,10,15H,7,9H2,1-3H3. The Hall–Kier alpha value is -1.66. The maximum absolute atomic E-state index is 11.8. The lowest BCUT2D eigenvalue weighted by Crippen LogP contribution is -2.39. The Morgan fingerprint density at radius 2 is 2.05 bits per heavy atom. The van der Waals surface area contributed by atoms with Gasteiger partial charge in [-0.3, -0.25) is 13.9 Å². The average Bonchev–Trinajstić information content (AvgIpc) is 2.92. The van der Waals surface area contributed by atoms with Gasteiger partial charge in [0.1, 0.15) is 0 Å². The van der Waals surface area contributed by atoms with Crippen LogP contribution in [0.3, 0.4) is 0 Å². The molecule has 0 fully saturated rings. The lowest BCUT2D eigenvalue weighted by atomic mass is 10.2. The largest absolute Gasteiger partial charge is 0.330 e. The van der Waals surface area contributed by atoms with Gasteiger partial charge in [0, 0.05) is 43.3 Å². The average molecular weight is 293 g/mol. The molecule has 5 nitrogen and oxygen atoms in total. The fourth-order valence-electron chi connectivity index (χ4n) is 2.03. The third-order valence-electron chi connectivity index (χ3n) is 3.34. The fraction of sp³-hybridized carbons (Fsp3) is 0.429. The summed E-state index contributed by atoms with van der Waals surface area (Å²) in [6, 6.07) is 5.94. The van der Waals surface area contributed by atoms with Crippen LogP contribution in [0, 0.1) is 0 Å². The molecule has 0 amide bonds. The minimum absolute atomic E-state index is 0.268. The van der Waals surface area contributed by atoms with Gasteiger partial charge in [-0.1, -0.05) is 6.07 Å². The molecule has 0 saturated carbocycles. The van der Waals surface area contributed by atoms with Gasteiger partial charge < -0.3 is 5.32 Å². The van der Waals surface area contributed by atoms with Crippen LogP contribution in [0.5, 0.6) is 0 Å². The highest BCUT2D eigenvalue weighted by Crippen LogP contribution is 2.11. The molecule has 0 radical (unpaired) electrons. The molecule has 6 heteroatoms. The summed E-state index contributed by atoms with van der Waals surface area (Å²) in [5.74, 6) is 0. The SMILES string of the molecule is CC(Cc1cccs1)NCc1cc(=O)n(C)c(=O)n1C. The van der Waals surface area contributed by atoms with E-state index < -0.39 is 0 Å². The Morgan fingerprint density at radius 1 is 1.30 bits per heavy atom. The second-order valence-electron chi connectivity index (χ2n) is 4.94. The molecule has 0 spiro atoms. The van der Waals surface area contributed by atoms with Gasteiger partial charge in [-0.15, -0.1) is 11.3 Å². The minimum Gasteiger partial charge on any atom is -0.308 e. The van der Waals surface area contributed by atoms with Gasteiger partial charge in [-0.25, -0.2) is 4.79 Å². The van der Waals surface area contributed by atoms with E-state index in [4.69, 9.17) is 0 Å². The summed E-state index contributed by atoms with van der Waals surface area (Å²) in [5.41, 5.74) is 0.146. The van der Waals surface area contributed by atoms with Crippen LogP contribution in [0.2, 0.25) is 0 Å². The Morgan fingerprint density at radius 3 is 2.70 bits per heavy atom. The molecule has 2 aromatic rings. The van der Waals surface area contributed by atoms with Crippen molar-refractivity contribution < 1.29 is 0 Å². The number of hydrogen-bond acceptors (Lipinski definition) is 4. The van der Waals surface area contributed by atoms with E-state index in [0.717, 1.165) is 11.0 Å². The Balaban J connectivity index is 2.04. The van der Waals surface area contributed by atoms with Gasteiger partial charge in [0.05, 0.1) is 0 Å². The second kappa shape index (κ2) is 6.19. The normalized spacial score (nSPS) is 12.6. The number of nitrogens with one attached hydrogen (secondary N) is 1. The van der Waals surface area contributed by atoms with Crippen LogP contribution in [0.1, 0.15) is 17.5 Å². The van der Waals surface area contributed by atoms with E-state index in [1.165, 1.54) is 22.6 Å². The van der Waals surface area contributed by atoms with Crippen molar-refractivity contribution in [3.05, 3.63) is 55.0 Å². The predicted octanol–water partition coefficient (Wildman–Crippen LogP) is 0.866. The van der Waals surface area contributed by atoms with Crippen LogP contribution in [-0.2, 0) is 27.1 Å². The molecule has 108 valence electrons. The quantitative estimate of drug-likeness (QED) is 0.890. The first-order valence-corrected chi connectivity index (χ1v) is 7.38. The van der Waals surface area contributed by atoms with Crippen molar-refractivity contribution >= 4 is 11.3 Å². The molecule has 0 bridgehead atoms. The summed E-state index contributed by atoms with van der Waals surface area (Å²) in [7, 11) is 3.17. The summed E-state index contributed by atoms with van der Waals surface area (Å²) in [5, 5.41) is 5.41. The van der Waals surface area contributed by atoms with Gasteiger partial charge in [0.2, 0.25) is 0 Å². The van der Waals surface area contributed by atoms with Gasteiger partial charge in [-0.2, -0.15) is 0 Å². The molecule has 1 atom stereocenters. The topological polar surface area (TPSA) is 56.0 Å². The van der Waals surface area contributed by atoms with E-state index in [-0.39, 0.29) is 17.3 Å². The highest BCUT2D eigenvalue weighted by molar-refractivity contribution is 7.09. The molecule has 0 saturated heterocycles. The first kappa shape index (κ1) is 14.7. The molecule has 0 aliphatic carbocycles. The summed E-state index contributed by atoms with van der Waals surface area (Å²) in [4.78, 5) is 24.8. The summed E-state index contributed by atoms with van der Waals surface area (Å²) in [6.45, 7) is 2.60. The van der Waals surface area contributed by atoms with E-state index in [9.17, 15) is 9.59 Å². The third kappa shape index (κ3) is 3.26. The number of thiophene rings is 1. The van der Waals surface area contributed by atoms with Gasteiger partial charge in [-0.05, 0) is 24.8 Å². The van der Waals surface area contributed by atoms with Gasteiger partial charge in [0.15, 0.2) is 0 Å². The van der Waals surface area contributed by atoms with Crippen LogP contribution < -0.4 is 16.6 Å². The van der Waals surface area contributed by atoms with Gasteiger partial charge in [0.25, 0.3) is 5.56 Å². The van der Waals surface area contributed by atoms with Crippen molar-refractivity contribution in [1.82, 2.24) is 14.5 Å². The molecule has 0 aliphatic heterocycles. The number of hydrogen-bond donors (Lipinski definition) is 1. The molecular formula is C14H19N3O2S. The summed E-state index contributed by atoms with van der Waals surface area (Å²) >= 11 is 1.73. The van der Waals surface area contributed by atoms with Crippen molar-refractivity contribution in [2.45, 2.75) is 25.9 Å². The first-order chi connectivity index (χ1) is 9.49. The van der Waals surface area contributed by atoms with Crippen molar-refractivity contribution in [2.75, 3.05) is 0 Å². The smallest absolute Gasteiger partial charge is 0.308 e. The monoisotopic (exact) mass is 293 g/mol. The van der Waals surface area contributed by atoms with Crippen LogP contribution in [0.15, 0.2) is 33.2 Å². The minimum atomic E-state index is -0.291. The molecule has 2 aromatic heterocycles. The van der Waals surface area contributed by atoms with Crippen LogP contribution in [0.4, 0.5) is 0 Å². The van der Waals surface area contributed by atoms with E-state index in [1.807, 2.05) is 6.07 Å². The van der Waals surface area contributed by atoms with Gasteiger partial charge >= 0.3 is 5.69 Å². The molecule has 0 aliphatic rings. The molecule has 2 heterocycles. The Bertz CT molecular complexity index is 685. The first-order valence-electron chi connectivity index (χ1n) is 6.50. The summed E-state index contributed by atoms with van der Waals surface area (Å²) < 4.78 is 2.62. The van der Waals surface area contributed by atoms with Crippen LogP contribution >= 0.6 is 11.3 Å². The van der Waals surface area contributed by atoms with Crippen LogP contribution in [-0.4, -0.2) is 15.2 Å². The van der Waals surface area contributed by atoms with Crippen molar-refractivity contribution in [1.29, 1.82) is 0 Å².